The van der Waals surface area contributed by atoms with Crippen LogP contribution < -0.4 is 5.32 Å². The molecule has 1 heterocycles. The van der Waals surface area contributed by atoms with Crippen molar-refractivity contribution in [2.45, 2.75) is 57.9 Å². The monoisotopic (exact) mass is 258 g/mol. The highest BCUT2D eigenvalue weighted by atomic mass is 16.4. The van der Waals surface area contributed by atoms with Gasteiger partial charge in [0, 0.05) is 6.04 Å². The SMILES string of the molecule is CC(C)c1ccc2oc(NC3CCCCC3)nc2c1. The average molecular weight is 258 g/mol. The molecule has 19 heavy (non-hydrogen) atoms. The third-order valence-corrected chi connectivity index (χ3v) is 4.01. The Morgan fingerprint density at radius 1 is 1.21 bits per heavy atom. The van der Waals surface area contributed by atoms with Crippen LogP contribution in [0, 0.1) is 0 Å². The van der Waals surface area contributed by atoms with E-state index in [0.29, 0.717) is 18.0 Å². The first-order chi connectivity index (χ1) is 9.22. The maximum atomic E-state index is 5.78. The zero-order valence-electron chi connectivity index (χ0n) is 11.8. The predicted octanol–water partition coefficient (Wildman–Crippen LogP) is 4.70. The van der Waals surface area contributed by atoms with Gasteiger partial charge in [0.05, 0.1) is 0 Å². The second kappa shape index (κ2) is 5.24. The van der Waals surface area contributed by atoms with Gasteiger partial charge in [-0.05, 0) is 36.5 Å². The zero-order valence-corrected chi connectivity index (χ0v) is 11.8. The number of hydrogen-bond acceptors (Lipinski definition) is 3. The lowest BCUT2D eigenvalue weighted by Gasteiger charge is -2.21. The summed E-state index contributed by atoms with van der Waals surface area (Å²) >= 11 is 0. The number of nitrogens with zero attached hydrogens (tertiary/aromatic N) is 1. The fourth-order valence-corrected chi connectivity index (χ4v) is 2.79. The van der Waals surface area contributed by atoms with Crippen molar-refractivity contribution in [3.63, 3.8) is 0 Å². The van der Waals surface area contributed by atoms with Crippen molar-refractivity contribution in [2.24, 2.45) is 0 Å². The van der Waals surface area contributed by atoms with Gasteiger partial charge in [0.1, 0.15) is 5.52 Å². The largest absolute Gasteiger partial charge is 0.424 e. The summed E-state index contributed by atoms with van der Waals surface area (Å²) in [4.78, 5) is 4.57. The van der Waals surface area contributed by atoms with Crippen molar-refractivity contribution in [3.8, 4) is 0 Å². The quantitative estimate of drug-likeness (QED) is 0.867. The molecule has 0 saturated heterocycles. The summed E-state index contributed by atoms with van der Waals surface area (Å²) in [5, 5.41) is 3.44. The van der Waals surface area contributed by atoms with E-state index in [4.69, 9.17) is 4.42 Å². The molecule has 1 saturated carbocycles. The van der Waals surface area contributed by atoms with Crippen molar-refractivity contribution in [1.29, 1.82) is 0 Å². The summed E-state index contributed by atoms with van der Waals surface area (Å²) in [5.41, 5.74) is 3.15. The third kappa shape index (κ3) is 2.75. The van der Waals surface area contributed by atoms with Crippen LogP contribution in [-0.4, -0.2) is 11.0 Å². The number of nitrogens with one attached hydrogen (secondary N) is 1. The van der Waals surface area contributed by atoms with Gasteiger partial charge in [-0.15, -0.1) is 0 Å². The fourth-order valence-electron chi connectivity index (χ4n) is 2.79. The Hall–Kier alpha value is -1.51. The van der Waals surface area contributed by atoms with E-state index in [1.165, 1.54) is 37.7 Å². The Morgan fingerprint density at radius 2 is 2.00 bits per heavy atom. The lowest BCUT2D eigenvalue weighted by Crippen LogP contribution is -2.22. The molecule has 0 unspecified atom stereocenters. The molecule has 0 bridgehead atoms. The Kier molecular flexibility index (Phi) is 3.45. The summed E-state index contributed by atoms with van der Waals surface area (Å²) in [6.07, 6.45) is 6.46. The number of anilines is 1. The molecule has 1 aromatic heterocycles. The second-order valence-corrected chi connectivity index (χ2v) is 5.88. The first kappa shape index (κ1) is 12.5. The summed E-state index contributed by atoms with van der Waals surface area (Å²) in [6, 6.07) is 7.51. The molecule has 1 aliphatic carbocycles. The van der Waals surface area contributed by atoms with Crippen molar-refractivity contribution in [1.82, 2.24) is 4.98 Å². The molecule has 0 atom stereocenters. The number of hydrogen-bond donors (Lipinski definition) is 1. The van der Waals surface area contributed by atoms with Crippen molar-refractivity contribution in [2.75, 3.05) is 5.32 Å². The van der Waals surface area contributed by atoms with E-state index < -0.39 is 0 Å². The van der Waals surface area contributed by atoms with Crippen LogP contribution in [0.5, 0.6) is 0 Å². The first-order valence-corrected chi connectivity index (χ1v) is 7.39. The molecule has 102 valence electrons. The Morgan fingerprint density at radius 3 is 2.74 bits per heavy atom. The van der Waals surface area contributed by atoms with Gasteiger partial charge in [0.25, 0.3) is 6.01 Å². The van der Waals surface area contributed by atoms with E-state index in [1.54, 1.807) is 0 Å². The summed E-state index contributed by atoms with van der Waals surface area (Å²) in [7, 11) is 0. The number of aromatic nitrogens is 1. The van der Waals surface area contributed by atoms with Crippen LogP contribution in [0.4, 0.5) is 6.01 Å². The number of oxazole rings is 1. The van der Waals surface area contributed by atoms with Gasteiger partial charge in [-0.2, -0.15) is 4.98 Å². The standard InChI is InChI=1S/C16H22N2O/c1-11(2)12-8-9-15-14(10-12)18-16(19-15)17-13-6-4-3-5-7-13/h8-11,13H,3-7H2,1-2H3,(H,17,18). The summed E-state index contributed by atoms with van der Waals surface area (Å²) < 4.78 is 5.78. The minimum absolute atomic E-state index is 0.524. The van der Waals surface area contributed by atoms with E-state index in [0.717, 1.165) is 11.1 Å². The molecule has 0 amide bonds. The fraction of sp³-hybridized carbons (Fsp3) is 0.562. The molecule has 1 N–H and O–H groups in total. The lowest BCUT2D eigenvalue weighted by atomic mass is 9.96. The molecule has 3 nitrogen and oxygen atoms in total. The van der Waals surface area contributed by atoms with Crippen LogP contribution in [0.25, 0.3) is 11.1 Å². The maximum Gasteiger partial charge on any atom is 0.295 e. The minimum Gasteiger partial charge on any atom is -0.424 e. The molecule has 2 aromatic rings. The van der Waals surface area contributed by atoms with Gasteiger partial charge in [0.2, 0.25) is 0 Å². The van der Waals surface area contributed by atoms with Gasteiger partial charge in [-0.25, -0.2) is 0 Å². The molecule has 0 radical (unpaired) electrons. The maximum absolute atomic E-state index is 5.78. The third-order valence-electron chi connectivity index (χ3n) is 4.01. The van der Waals surface area contributed by atoms with E-state index in [2.05, 4.69) is 36.3 Å². The van der Waals surface area contributed by atoms with Gasteiger partial charge < -0.3 is 9.73 Å². The van der Waals surface area contributed by atoms with E-state index in [9.17, 15) is 0 Å². The van der Waals surface area contributed by atoms with Crippen molar-refractivity contribution >= 4 is 17.1 Å². The number of rotatable bonds is 3. The Balaban J connectivity index is 1.80. The highest BCUT2D eigenvalue weighted by Gasteiger charge is 2.16. The number of fused-ring (bicyclic) bond motifs is 1. The number of benzene rings is 1. The normalized spacial score (nSPS) is 17.2. The minimum atomic E-state index is 0.524. The zero-order chi connectivity index (χ0) is 13.2. The van der Waals surface area contributed by atoms with E-state index in [1.807, 2.05) is 6.07 Å². The molecule has 0 aliphatic heterocycles. The van der Waals surface area contributed by atoms with Gasteiger partial charge in [-0.3, -0.25) is 0 Å². The van der Waals surface area contributed by atoms with Crippen LogP contribution in [-0.2, 0) is 0 Å². The summed E-state index contributed by atoms with van der Waals surface area (Å²) in [6.45, 7) is 4.39. The predicted molar refractivity (Wildman–Crippen MR) is 78.6 cm³/mol. The molecule has 1 aliphatic rings. The van der Waals surface area contributed by atoms with E-state index >= 15 is 0 Å². The Bertz CT molecular complexity index is 553. The van der Waals surface area contributed by atoms with Crippen molar-refractivity contribution in [3.05, 3.63) is 23.8 Å². The van der Waals surface area contributed by atoms with Crippen LogP contribution in [0.2, 0.25) is 0 Å². The van der Waals surface area contributed by atoms with Crippen molar-refractivity contribution < 1.29 is 4.42 Å². The molecule has 3 heteroatoms. The van der Waals surface area contributed by atoms with E-state index in [-0.39, 0.29) is 0 Å². The topological polar surface area (TPSA) is 38.1 Å². The first-order valence-electron chi connectivity index (χ1n) is 7.39. The smallest absolute Gasteiger partial charge is 0.295 e. The second-order valence-electron chi connectivity index (χ2n) is 5.88. The van der Waals surface area contributed by atoms with Gasteiger partial charge in [0.15, 0.2) is 5.58 Å². The highest BCUT2D eigenvalue weighted by molar-refractivity contribution is 5.75. The Labute approximate surface area is 114 Å². The molecular weight excluding hydrogens is 236 g/mol. The average Bonchev–Trinajstić information content (AvgIpc) is 2.80. The van der Waals surface area contributed by atoms with Crippen LogP contribution in [0.1, 0.15) is 57.4 Å². The molecular formula is C16H22N2O. The molecule has 0 spiro atoms. The highest BCUT2D eigenvalue weighted by Crippen LogP contribution is 2.26. The molecule has 1 aromatic carbocycles. The van der Waals surface area contributed by atoms with Crippen LogP contribution >= 0.6 is 0 Å². The lowest BCUT2D eigenvalue weighted by molar-refractivity contribution is 0.451. The van der Waals surface area contributed by atoms with Gasteiger partial charge >= 0.3 is 0 Å². The van der Waals surface area contributed by atoms with Crippen LogP contribution in [0.15, 0.2) is 22.6 Å². The molecule has 1 fully saturated rings. The summed E-state index contributed by atoms with van der Waals surface area (Å²) in [5.74, 6) is 0.524. The van der Waals surface area contributed by atoms with Crippen LogP contribution in [0.3, 0.4) is 0 Å². The molecule has 3 rings (SSSR count). The van der Waals surface area contributed by atoms with Gasteiger partial charge in [-0.1, -0.05) is 39.2 Å².